The molecular formula is C18H24N2O9S. The molecule has 30 heavy (non-hydrogen) atoms. The molecule has 4 atom stereocenters. The summed E-state index contributed by atoms with van der Waals surface area (Å²) in [7, 11) is -3.03. The van der Waals surface area contributed by atoms with Crippen molar-refractivity contribution in [2.45, 2.75) is 48.5 Å². The predicted molar refractivity (Wildman–Crippen MR) is 102 cm³/mol. The zero-order valence-corrected chi connectivity index (χ0v) is 17.2. The zero-order valence-electron chi connectivity index (χ0n) is 16.4. The largest absolute Gasteiger partial charge is 0.469 e. The van der Waals surface area contributed by atoms with Crippen molar-refractivity contribution in [3.63, 3.8) is 0 Å². The normalized spacial score (nSPS) is 26.4. The van der Waals surface area contributed by atoms with E-state index < -0.39 is 56.4 Å². The number of aliphatic hydroxyl groups excluding tert-OH is 1. The molecule has 0 saturated carbocycles. The highest BCUT2D eigenvalue weighted by molar-refractivity contribution is 7.89. The van der Waals surface area contributed by atoms with Gasteiger partial charge >= 0.3 is 5.97 Å². The third kappa shape index (κ3) is 4.95. The number of nitrogens with zero attached hydrogens (tertiary/aromatic N) is 2. The fraction of sp³-hybridized carbons (Fsp3) is 0.611. The second-order valence-electron chi connectivity index (χ2n) is 7.16. The number of nitro benzene ring substituents is 1. The van der Waals surface area contributed by atoms with Crippen LogP contribution in [0.2, 0.25) is 0 Å². The van der Waals surface area contributed by atoms with Crippen LogP contribution in [0.1, 0.15) is 19.3 Å². The van der Waals surface area contributed by atoms with Crippen molar-refractivity contribution in [1.82, 2.24) is 4.31 Å². The van der Waals surface area contributed by atoms with Crippen molar-refractivity contribution in [3.8, 4) is 0 Å². The van der Waals surface area contributed by atoms with E-state index in [1.54, 1.807) is 0 Å². The molecule has 0 bridgehead atoms. The zero-order chi connectivity index (χ0) is 21.9. The van der Waals surface area contributed by atoms with E-state index in [0.717, 1.165) is 10.4 Å². The molecule has 1 aromatic carbocycles. The van der Waals surface area contributed by atoms with Crippen LogP contribution >= 0.6 is 0 Å². The van der Waals surface area contributed by atoms with Gasteiger partial charge in [0, 0.05) is 12.6 Å². The van der Waals surface area contributed by atoms with Gasteiger partial charge in [-0.05, 0) is 18.9 Å². The first-order chi connectivity index (χ1) is 14.3. The number of para-hydroxylation sites is 1. The molecule has 2 aliphatic rings. The summed E-state index contributed by atoms with van der Waals surface area (Å²) in [5.41, 5.74) is -0.528. The van der Waals surface area contributed by atoms with Crippen molar-refractivity contribution in [1.29, 1.82) is 0 Å². The second kappa shape index (κ2) is 9.35. The smallest absolute Gasteiger partial charge is 0.308 e. The Labute approximate surface area is 173 Å². The summed E-state index contributed by atoms with van der Waals surface area (Å²) in [5, 5.41) is 21.2. The van der Waals surface area contributed by atoms with Crippen LogP contribution in [0.15, 0.2) is 29.2 Å². The van der Waals surface area contributed by atoms with E-state index in [9.17, 15) is 28.4 Å². The van der Waals surface area contributed by atoms with Crippen LogP contribution in [0.5, 0.6) is 0 Å². The molecule has 2 aliphatic heterocycles. The number of ether oxygens (including phenoxy) is 3. The Morgan fingerprint density at radius 1 is 1.33 bits per heavy atom. The Bertz CT molecular complexity index is 887. The van der Waals surface area contributed by atoms with Crippen LogP contribution < -0.4 is 0 Å². The Morgan fingerprint density at radius 3 is 2.63 bits per heavy atom. The highest BCUT2D eigenvalue weighted by Crippen LogP contribution is 2.34. The summed E-state index contributed by atoms with van der Waals surface area (Å²) >= 11 is 0. The summed E-state index contributed by atoms with van der Waals surface area (Å²) in [4.78, 5) is 21.8. The molecule has 2 heterocycles. The lowest BCUT2D eigenvalue weighted by Crippen LogP contribution is -2.54. The molecule has 166 valence electrons. The quantitative estimate of drug-likeness (QED) is 0.248. The van der Waals surface area contributed by atoms with Crippen molar-refractivity contribution < 1.29 is 37.5 Å². The fourth-order valence-electron chi connectivity index (χ4n) is 3.60. The number of hydrogen-bond acceptors (Lipinski definition) is 9. The number of nitro groups is 1. The molecule has 0 aromatic heterocycles. The van der Waals surface area contributed by atoms with Crippen LogP contribution in [0.3, 0.4) is 0 Å². The van der Waals surface area contributed by atoms with Gasteiger partial charge in [-0.1, -0.05) is 12.1 Å². The first kappa shape index (κ1) is 22.6. The van der Waals surface area contributed by atoms with Crippen molar-refractivity contribution in [2.75, 3.05) is 26.9 Å². The number of carbonyl (C=O) groups is 1. The molecule has 0 radical (unpaired) electrons. The number of rotatable bonds is 9. The van der Waals surface area contributed by atoms with Gasteiger partial charge in [-0.25, -0.2) is 8.42 Å². The number of epoxide rings is 1. The summed E-state index contributed by atoms with van der Waals surface area (Å²) in [6.45, 7) is -0.109. The van der Waals surface area contributed by atoms with E-state index in [-0.39, 0.29) is 19.1 Å². The van der Waals surface area contributed by atoms with Gasteiger partial charge in [0.05, 0.1) is 56.0 Å². The molecule has 0 amide bonds. The summed E-state index contributed by atoms with van der Waals surface area (Å²) in [6.07, 6.45) is -1.08. The Kier molecular flexibility index (Phi) is 7.03. The average molecular weight is 444 g/mol. The molecule has 0 spiro atoms. The van der Waals surface area contributed by atoms with Gasteiger partial charge in [0.15, 0.2) is 4.90 Å². The van der Waals surface area contributed by atoms with E-state index in [2.05, 4.69) is 4.74 Å². The number of sulfonamides is 1. The molecule has 1 N–H and O–H groups in total. The van der Waals surface area contributed by atoms with Crippen molar-refractivity contribution in [2.24, 2.45) is 0 Å². The van der Waals surface area contributed by atoms with Gasteiger partial charge in [-0.2, -0.15) is 4.31 Å². The number of benzene rings is 1. The van der Waals surface area contributed by atoms with Gasteiger partial charge in [0.25, 0.3) is 5.69 Å². The lowest BCUT2D eigenvalue weighted by atomic mass is 9.97. The molecule has 4 unspecified atom stereocenters. The molecule has 12 heteroatoms. The maximum atomic E-state index is 13.4. The summed E-state index contributed by atoms with van der Waals surface area (Å²) in [5.74, 6) is -0.467. The summed E-state index contributed by atoms with van der Waals surface area (Å²) < 4.78 is 43.6. The number of hydrogen-bond donors (Lipinski definition) is 1. The predicted octanol–water partition coefficient (Wildman–Crippen LogP) is 0.456. The van der Waals surface area contributed by atoms with Gasteiger partial charge in [-0.15, -0.1) is 0 Å². The molecule has 3 rings (SSSR count). The molecular weight excluding hydrogens is 420 g/mol. The summed E-state index contributed by atoms with van der Waals surface area (Å²) in [6, 6.07) is 4.36. The van der Waals surface area contributed by atoms with E-state index in [0.29, 0.717) is 19.4 Å². The number of methoxy groups -OCH3 is 1. The first-order valence-corrected chi connectivity index (χ1v) is 10.9. The van der Waals surface area contributed by atoms with Crippen molar-refractivity contribution in [3.05, 3.63) is 34.4 Å². The van der Waals surface area contributed by atoms with Gasteiger partial charge < -0.3 is 19.3 Å². The molecule has 11 nitrogen and oxygen atoms in total. The van der Waals surface area contributed by atoms with Crippen LogP contribution in [-0.2, 0) is 29.0 Å². The minimum Gasteiger partial charge on any atom is -0.469 e. The maximum Gasteiger partial charge on any atom is 0.308 e. The SMILES string of the molecule is COC(=O)CC1CCC(N(CC2CO2)S(=O)(=O)c2ccccc2[N+](=O)[O-])C(CO)O1. The fourth-order valence-corrected chi connectivity index (χ4v) is 5.47. The van der Waals surface area contributed by atoms with Gasteiger partial charge in [-0.3, -0.25) is 14.9 Å². The Hall–Kier alpha value is -2.12. The third-order valence-corrected chi connectivity index (χ3v) is 7.13. The molecule has 0 aliphatic carbocycles. The van der Waals surface area contributed by atoms with E-state index in [4.69, 9.17) is 9.47 Å². The van der Waals surface area contributed by atoms with Crippen LogP contribution in [0.25, 0.3) is 0 Å². The highest BCUT2D eigenvalue weighted by atomic mass is 32.2. The Morgan fingerprint density at radius 2 is 2.03 bits per heavy atom. The van der Waals surface area contributed by atoms with Crippen molar-refractivity contribution >= 4 is 21.7 Å². The number of carbonyl (C=O) groups excluding carboxylic acids is 1. The lowest BCUT2D eigenvalue weighted by molar-refractivity contribution is -0.387. The van der Waals surface area contributed by atoms with Crippen LogP contribution in [-0.4, -0.2) is 79.9 Å². The van der Waals surface area contributed by atoms with Crippen LogP contribution in [0.4, 0.5) is 5.69 Å². The average Bonchev–Trinajstić information content (AvgIpc) is 3.56. The van der Waals surface area contributed by atoms with Gasteiger partial charge in [0.1, 0.15) is 0 Å². The van der Waals surface area contributed by atoms with E-state index >= 15 is 0 Å². The molecule has 1 aromatic rings. The highest BCUT2D eigenvalue weighted by Gasteiger charge is 2.45. The first-order valence-electron chi connectivity index (χ1n) is 9.48. The van der Waals surface area contributed by atoms with E-state index in [1.807, 2.05) is 0 Å². The van der Waals surface area contributed by atoms with E-state index in [1.165, 1.54) is 25.3 Å². The lowest BCUT2D eigenvalue weighted by Gasteiger charge is -2.40. The minimum atomic E-state index is -4.29. The second-order valence-corrected chi connectivity index (χ2v) is 9.02. The standard InChI is InChI=1S/C18H24N2O9S/c1-27-18(22)8-12-6-7-14(16(10-21)29-12)19(9-13-11-28-13)30(25,26)17-5-3-2-4-15(17)20(23)24/h2-5,12-14,16,21H,6-11H2,1H3. The maximum absolute atomic E-state index is 13.4. The Balaban J connectivity index is 1.90. The molecule has 2 fully saturated rings. The molecule has 2 saturated heterocycles. The topological polar surface area (TPSA) is 149 Å². The third-order valence-electron chi connectivity index (χ3n) is 5.19. The minimum absolute atomic E-state index is 0.0115. The number of esters is 1. The van der Waals surface area contributed by atoms with Crippen LogP contribution in [0, 0.1) is 10.1 Å². The monoisotopic (exact) mass is 444 g/mol. The number of aliphatic hydroxyl groups is 1. The van der Waals surface area contributed by atoms with Gasteiger partial charge in [0.2, 0.25) is 10.0 Å².